The number of para-hydroxylation sites is 1. The molecule has 0 fully saturated rings. The Morgan fingerprint density at radius 3 is 2.10 bits per heavy atom. The Balaban J connectivity index is 2.12. The van der Waals surface area contributed by atoms with Gasteiger partial charge in [-0.1, -0.05) is 95.5 Å². The van der Waals surface area contributed by atoms with Gasteiger partial charge in [0.05, 0.1) is 10.7 Å². The molecule has 1 rings (SSSR count). The van der Waals surface area contributed by atoms with E-state index in [0.29, 0.717) is 6.42 Å². The van der Waals surface area contributed by atoms with E-state index in [4.69, 9.17) is 17.3 Å². The van der Waals surface area contributed by atoms with Crippen molar-refractivity contribution in [2.24, 2.45) is 0 Å². The van der Waals surface area contributed by atoms with Crippen molar-refractivity contribution in [3.63, 3.8) is 0 Å². The maximum absolute atomic E-state index is 10.6. The van der Waals surface area contributed by atoms with E-state index >= 15 is 0 Å². The van der Waals surface area contributed by atoms with Gasteiger partial charge in [0.25, 0.3) is 0 Å². The van der Waals surface area contributed by atoms with Crippen LogP contribution in [0.15, 0.2) is 29.2 Å². The summed E-state index contributed by atoms with van der Waals surface area (Å²) >= 11 is 7.23. The maximum atomic E-state index is 10.6. The van der Waals surface area contributed by atoms with Crippen LogP contribution in [0.4, 0.5) is 5.69 Å². The van der Waals surface area contributed by atoms with Gasteiger partial charge >= 0.3 is 5.97 Å². The predicted octanol–water partition coefficient (Wildman–Crippen LogP) is 8.08. The van der Waals surface area contributed by atoms with Crippen molar-refractivity contribution in [2.45, 2.75) is 102 Å². The summed E-state index contributed by atoms with van der Waals surface area (Å²) in [6.07, 6.45) is 16.6. The minimum absolute atomic E-state index is 0.222. The van der Waals surface area contributed by atoms with Crippen molar-refractivity contribution in [3.05, 3.63) is 24.3 Å². The number of nitrogens with one attached hydrogen (secondary N) is 1. The topological polar surface area (TPSA) is 49.3 Å². The smallest absolute Gasteiger partial charge is 0.303 e. The van der Waals surface area contributed by atoms with Crippen molar-refractivity contribution in [1.82, 2.24) is 0 Å². The minimum atomic E-state index is -0.731. The lowest BCUT2D eigenvalue weighted by Crippen LogP contribution is -2.09. The Morgan fingerprint density at radius 1 is 0.897 bits per heavy atom. The fourth-order valence-corrected chi connectivity index (χ4v) is 4.48. The van der Waals surface area contributed by atoms with E-state index in [1.165, 1.54) is 64.2 Å². The maximum Gasteiger partial charge on any atom is 0.303 e. The molecular formula is C24H39NO2S2. The first-order valence-corrected chi connectivity index (χ1v) is 12.8. The van der Waals surface area contributed by atoms with Crippen molar-refractivity contribution in [3.8, 4) is 0 Å². The van der Waals surface area contributed by atoms with Crippen molar-refractivity contribution >= 4 is 40.6 Å². The zero-order valence-electron chi connectivity index (χ0n) is 18.1. The highest BCUT2D eigenvalue weighted by Gasteiger charge is 2.05. The Labute approximate surface area is 187 Å². The van der Waals surface area contributed by atoms with E-state index in [0.717, 1.165) is 34.2 Å². The molecule has 5 heteroatoms. The number of thiocarbonyl (C=S) groups is 1. The van der Waals surface area contributed by atoms with Crippen LogP contribution < -0.4 is 5.32 Å². The van der Waals surface area contributed by atoms with Crippen LogP contribution in [0.25, 0.3) is 0 Å². The Hall–Kier alpha value is -1.07. The summed E-state index contributed by atoms with van der Waals surface area (Å²) in [7, 11) is 0. The van der Waals surface area contributed by atoms with Gasteiger partial charge in [0.2, 0.25) is 0 Å². The second kappa shape index (κ2) is 17.8. The number of anilines is 1. The molecule has 0 heterocycles. The molecule has 0 aliphatic heterocycles. The van der Waals surface area contributed by atoms with Gasteiger partial charge in [-0.15, -0.1) is 11.8 Å². The molecule has 164 valence electrons. The molecule has 0 aromatic heterocycles. The number of carboxylic acids is 1. The van der Waals surface area contributed by atoms with Crippen molar-refractivity contribution in [1.29, 1.82) is 0 Å². The normalized spacial score (nSPS) is 10.8. The first kappa shape index (κ1) is 26.0. The van der Waals surface area contributed by atoms with Crippen LogP contribution in [-0.4, -0.2) is 21.8 Å². The molecule has 1 aromatic carbocycles. The van der Waals surface area contributed by atoms with Crippen LogP contribution in [0.3, 0.4) is 0 Å². The molecule has 0 bridgehead atoms. The average Bonchev–Trinajstić information content (AvgIpc) is 2.70. The zero-order chi connectivity index (χ0) is 21.2. The van der Waals surface area contributed by atoms with Crippen LogP contribution in [0.5, 0.6) is 0 Å². The lowest BCUT2D eigenvalue weighted by atomic mass is 10.1. The predicted molar refractivity (Wildman–Crippen MR) is 131 cm³/mol. The number of rotatable bonds is 18. The molecule has 0 amide bonds. The highest BCUT2D eigenvalue weighted by Crippen LogP contribution is 2.28. The standard InChI is InChI=1S/C24H39NO2S2/c1-2-3-4-5-6-7-8-9-10-11-12-18-23(28)25-21-16-13-14-17-22(21)29-20-15-19-24(26)27/h13-14,16-17H,2-12,15,18-20H2,1H3,(H,25,28)(H,26,27). The molecular weight excluding hydrogens is 398 g/mol. The van der Waals surface area contributed by atoms with Gasteiger partial charge in [0.15, 0.2) is 0 Å². The number of hydrogen-bond acceptors (Lipinski definition) is 3. The second-order valence-corrected chi connectivity index (χ2v) is 9.31. The van der Waals surface area contributed by atoms with Crippen LogP contribution in [0, 0.1) is 0 Å². The summed E-state index contributed by atoms with van der Waals surface area (Å²) < 4.78 is 0. The summed E-state index contributed by atoms with van der Waals surface area (Å²) in [6, 6.07) is 8.14. The van der Waals surface area contributed by atoms with Crippen LogP contribution in [0.2, 0.25) is 0 Å². The summed E-state index contributed by atoms with van der Waals surface area (Å²) in [5.41, 5.74) is 1.04. The summed E-state index contributed by atoms with van der Waals surface area (Å²) in [5.74, 6) is 0.0706. The lowest BCUT2D eigenvalue weighted by molar-refractivity contribution is -0.137. The Kier molecular flexibility index (Phi) is 15.9. The van der Waals surface area contributed by atoms with Gasteiger partial charge in [-0.3, -0.25) is 4.79 Å². The number of benzene rings is 1. The molecule has 0 saturated carbocycles. The number of hydrogen-bond donors (Lipinski definition) is 2. The molecule has 0 aliphatic carbocycles. The third-order valence-electron chi connectivity index (χ3n) is 4.96. The molecule has 2 N–H and O–H groups in total. The van der Waals surface area contributed by atoms with Gasteiger partial charge in [-0.05, 0) is 37.1 Å². The highest BCUT2D eigenvalue weighted by molar-refractivity contribution is 7.99. The van der Waals surface area contributed by atoms with E-state index in [9.17, 15) is 4.79 Å². The van der Waals surface area contributed by atoms with E-state index in [2.05, 4.69) is 18.3 Å². The molecule has 0 radical (unpaired) electrons. The second-order valence-electron chi connectivity index (χ2n) is 7.68. The van der Waals surface area contributed by atoms with Crippen molar-refractivity contribution < 1.29 is 9.90 Å². The minimum Gasteiger partial charge on any atom is -0.481 e. The highest BCUT2D eigenvalue weighted by atomic mass is 32.2. The van der Waals surface area contributed by atoms with Gasteiger partial charge in [-0.2, -0.15) is 0 Å². The summed E-state index contributed by atoms with van der Waals surface area (Å²) in [5, 5.41) is 12.1. The zero-order valence-corrected chi connectivity index (χ0v) is 19.7. The molecule has 0 atom stereocenters. The van der Waals surface area contributed by atoms with Crippen LogP contribution >= 0.6 is 24.0 Å². The summed E-state index contributed by atoms with van der Waals surface area (Å²) in [6.45, 7) is 2.27. The number of thioether (sulfide) groups is 1. The molecule has 0 aliphatic rings. The van der Waals surface area contributed by atoms with E-state index in [1.807, 2.05) is 18.2 Å². The van der Waals surface area contributed by atoms with Crippen LogP contribution in [0.1, 0.15) is 96.8 Å². The quantitative estimate of drug-likeness (QED) is 0.138. The number of aliphatic carboxylic acids is 1. The SMILES string of the molecule is CCCCCCCCCCCCCC(=S)Nc1ccccc1SCCCC(=O)O. The fourth-order valence-electron chi connectivity index (χ4n) is 3.26. The molecule has 29 heavy (non-hydrogen) atoms. The van der Waals surface area contributed by atoms with Gasteiger partial charge < -0.3 is 10.4 Å². The largest absolute Gasteiger partial charge is 0.481 e. The molecule has 0 saturated heterocycles. The van der Waals surface area contributed by atoms with Crippen molar-refractivity contribution in [2.75, 3.05) is 11.1 Å². The van der Waals surface area contributed by atoms with E-state index in [1.54, 1.807) is 11.8 Å². The first-order chi connectivity index (χ1) is 14.1. The third-order valence-corrected chi connectivity index (χ3v) is 6.43. The summed E-state index contributed by atoms with van der Waals surface area (Å²) in [4.78, 5) is 12.7. The van der Waals surface area contributed by atoms with E-state index in [-0.39, 0.29) is 6.42 Å². The molecule has 1 aromatic rings. The van der Waals surface area contributed by atoms with Crippen LogP contribution in [-0.2, 0) is 4.79 Å². The Bertz CT molecular complexity index is 578. The fraction of sp³-hybridized carbons (Fsp3) is 0.667. The number of carboxylic acid groups (broad SMARTS) is 1. The van der Waals surface area contributed by atoms with Gasteiger partial charge in [-0.25, -0.2) is 0 Å². The lowest BCUT2D eigenvalue weighted by Gasteiger charge is -2.12. The molecule has 3 nitrogen and oxygen atoms in total. The third kappa shape index (κ3) is 14.5. The van der Waals surface area contributed by atoms with E-state index < -0.39 is 5.97 Å². The number of carbonyl (C=O) groups is 1. The molecule has 0 unspecified atom stereocenters. The molecule has 0 spiro atoms. The average molecular weight is 438 g/mol. The monoisotopic (exact) mass is 437 g/mol. The first-order valence-electron chi connectivity index (χ1n) is 11.4. The Morgan fingerprint density at radius 2 is 1.48 bits per heavy atom. The van der Waals surface area contributed by atoms with Gasteiger partial charge in [0, 0.05) is 11.3 Å². The van der Waals surface area contributed by atoms with Gasteiger partial charge in [0.1, 0.15) is 0 Å². The number of unbranched alkanes of at least 4 members (excludes halogenated alkanes) is 10.